The zero-order chi connectivity index (χ0) is 26.5. The van der Waals surface area contributed by atoms with E-state index in [1.54, 1.807) is 6.08 Å². The van der Waals surface area contributed by atoms with E-state index in [2.05, 4.69) is 53.3 Å². The molecule has 2 N–H and O–H groups in total. The molecular weight excluding hydrogens is 470 g/mol. The van der Waals surface area contributed by atoms with Crippen LogP contribution in [0.5, 0.6) is 0 Å². The van der Waals surface area contributed by atoms with Gasteiger partial charge < -0.3 is 15.4 Å². The van der Waals surface area contributed by atoms with Gasteiger partial charge in [0.1, 0.15) is 6.10 Å². The first-order chi connectivity index (χ1) is 18.5. The summed E-state index contributed by atoms with van der Waals surface area (Å²) in [5.74, 6) is -0.331. The molecule has 1 aromatic heterocycles. The van der Waals surface area contributed by atoms with Gasteiger partial charge in [0.15, 0.2) is 0 Å². The second kappa shape index (κ2) is 11.3. The number of rotatable bonds is 6. The molecule has 2 aliphatic heterocycles. The van der Waals surface area contributed by atoms with E-state index in [9.17, 15) is 4.79 Å². The van der Waals surface area contributed by atoms with Crippen LogP contribution >= 0.6 is 0 Å². The molecule has 0 bridgehead atoms. The summed E-state index contributed by atoms with van der Waals surface area (Å²) in [4.78, 5) is 17.5. The number of allylic oxidation sites excluding steroid dienone is 7. The maximum Gasteiger partial charge on any atom is 0.339 e. The van der Waals surface area contributed by atoms with Crippen molar-refractivity contribution in [3.63, 3.8) is 0 Å². The summed E-state index contributed by atoms with van der Waals surface area (Å²) in [5.41, 5.74) is 10.6. The van der Waals surface area contributed by atoms with Crippen molar-refractivity contribution in [2.45, 2.75) is 26.4 Å². The van der Waals surface area contributed by atoms with Crippen molar-refractivity contribution in [1.82, 2.24) is 15.6 Å². The zero-order valence-corrected chi connectivity index (χ0v) is 21.8. The van der Waals surface area contributed by atoms with Crippen LogP contribution in [0.1, 0.15) is 30.3 Å². The highest BCUT2D eigenvalue weighted by Gasteiger charge is 2.23. The van der Waals surface area contributed by atoms with Gasteiger partial charge in [-0.05, 0) is 108 Å². The molecule has 0 amide bonds. The fraction of sp³-hybridized carbons (Fsp3) is 0.182. The number of dihydropyridines is 1. The van der Waals surface area contributed by atoms with Crippen molar-refractivity contribution in [3.8, 4) is 0 Å². The van der Waals surface area contributed by atoms with Crippen LogP contribution in [0.25, 0.3) is 23.9 Å². The number of pyridine rings is 1. The van der Waals surface area contributed by atoms with Gasteiger partial charge >= 0.3 is 5.97 Å². The van der Waals surface area contributed by atoms with Crippen molar-refractivity contribution < 1.29 is 9.53 Å². The van der Waals surface area contributed by atoms with Crippen LogP contribution in [-0.2, 0) is 9.53 Å². The number of carbonyl (C=O) groups is 1. The van der Waals surface area contributed by atoms with E-state index >= 15 is 0 Å². The van der Waals surface area contributed by atoms with Crippen molar-refractivity contribution in [2.24, 2.45) is 0 Å². The number of esters is 1. The lowest BCUT2D eigenvalue weighted by atomic mass is 9.95. The fourth-order valence-electron chi connectivity index (χ4n) is 4.49. The predicted molar refractivity (Wildman–Crippen MR) is 154 cm³/mol. The molecule has 1 aromatic carbocycles. The molecule has 3 aliphatic rings. The van der Waals surface area contributed by atoms with Crippen molar-refractivity contribution in [3.05, 3.63) is 129 Å². The highest BCUT2D eigenvalue weighted by molar-refractivity contribution is 5.93. The van der Waals surface area contributed by atoms with Crippen LogP contribution in [0.2, 0.25) is 0 Å². The van der Waals surface area contributed by atoms with Crippen molar-refractivity contribution in [1.29, 1.82) is 0 Å². The monoisotopic (exact) mass is 501 g/mol. The Kier molecular flexibility index (Phi) is 7.50. The lowest BCUT2D eigenvalue weighted by Gasteiger charge is -2.26. The number of aryl methyl sites for hydroxylation is 1. The van der Waals surface area contributed by atoms with Gasteiger partial charge in [-0.15, -0.1) is 5.73 Å². The van der Waals surface area contributed by atoms with Crippen LogP contribution in [-0.4, -0.2) is 30.1 Å². The summed E-state index contributed by atoms with van der Waals surface area (Å²) in [6.07, 6.45) is 16.3. The fourth-order valence-corrected chi connectivity index (χ4v) is 4.49. The lowest BCUT2D eigenvalue weighted by Crippen LogP contribution is -2.49. The number of hydrogen-bond acceptors (Lipinski definition) is 5. The number of nitrogens with one attached hydrogen (secondary N) is 2. The first-order valence-electron chi connectivity index (χ1n) is 12.8. The maximum atomic E-state index is 12.7. The molecule has 1 aliphatic carbocycles. The quantitative estimate of drug-likeness (QED) is 0.463. The topological polar surface area (TPSA) is 63.2 Å². The molecule has 1 saturated heterocycles. The number of carbonyl (C=O) groups excluding carboxylic acids is 1. The van der Waals surface area contributed by atoms with E-state index in [0.717, 1.165) is 50.7 Å². The van der Waals surface area contributed by atoms with Gasteiger partial charge in [0.25, 0.3) is 0 Å². The highest BCUT2D eigenvalue weighted by atomic mass is 16.5. The van der Waals surface area contributed by atoms with Gasteiger partial charge in [-0.3, -0.25) is 4.98 Å². The summed E-state index contributed by atoms with van der Waals surface area (Å²) in [7, 11) is 0. The van der Waals surface area contributed by atoms with Crippen LogP contribution in [0, 0.1) is 6.92 Å². The molecule has 2 aromatic rings. The SMILES string of the molecule is C=c1ccc(C2=C(c3cccc(C)n3)NC=CC2)c/c1=C/C(=C\C)C1=CC=C=CC(C(=O)OC2CNC2)=C1. The predicted octanol–water partition coefficient (Wildman–Crippen LogP) is 4.00. The number of ether oxygens (including phenoxy) is 1. The largest absolute Gasteiger partial charge is 0.456 e. The molecule has 5 rings (SSSR count). The lowest BCUT2D eigenvalue weighted by molar-refractivity contribution is -0.146. The summed E-state index contributed by atoms with van der Waals surface area (Å²) < 4.78 is 5.57. The summed E-state index contributed by atoms with van der Waals surface area (Å²) in [5, 5.41) is 8.46. The molecule has 0 unspecified atom stereocenters. The standard InChI is InChI=1S/C33H31N3O2/c1-4-24(25-10-5-6-11-27(18-25)33(37)38-29-20-34-21-29)17-28-19-26(15-14-22(28)2)30-12-8-16-35-32(30)31-13-7-9-23(3)36-31/h4-5,7-11,13-19,29,34-35H,2,12,20-21H2,1,3H3/b24-4+,28-17-. The normalized spacial score (nSPS) is 17.9. The first-order valence-corrected chi connectivity index (χ1v) is 12.8. The summed E-state index contributed by atoms with van der Waals surface area (Å²) in [6.45, 7) is 9.67. The minimum Gasteiger partial charge on any atom is -0.456 e. The third kappa shape index (κ3) is 5.60. The maximum absolute atomic E-state index is 12.7. The van der Waals surface area contributed by atoms with E-state index < -0.39 is 0 Å². The average molecular weight is 502 g/mol. The van der Waals surface area contributed by atoms with E-state index in [-0.39, 0.29) is 12.1 Å². The Morgan fingerprint density at radius 2 is 2.08 bits per heavy atom. The van der Waals surface area contributed by atoms with Crippen molar-refractivity contribution >= 4 is 29.9 Å². The molecule has 1 fully saturated rings. The third-order valence-corrected chi connectivity index (χ3v) is 6.73. The van der Waals surface area contributed by atoms with E-state index in [1.165, 1.54) is 5.57 Å². The van der Waals surface area contributed by atoms with Crippen LogP contribution in [0.3, 0.4) is 0 Å². The molecule has 38 heavy (non-hydrogen) atoms. The van der Waals surface area contributed by atoms with Crippen LogP contribution < -0.4 is 21.1 Å². The smallest absolute Gasteiger partial charge is 0.339 e. The van der Waals surface area contributed by atoms with Crippen LogP contribution in [0.15, 0.2) is 102 Å². The zero-order valence-electron chi connectivity index (χ0n) is 21.8. The molecule has 5 heteroatoms. The van der Waals surface area contributed by atoms with E-state index in [1.807, 2.05) is 62.6 Å². The Hall–Kier alpha value is -4.44. The second-order valence-electron chi connectivity index (χ2n) is 9.46. The summed E-state index contributed by atoms with van der Waals surface area (Å²) in [6, 6.07) is 12.4. The molecule has 190 valence electrons. The Labute approximate surface area is 223 Å². The van der Waals surface area contributed by atoms with E-state index in [4.69, 9.17) is 9.72 Å². The van der Waals surface area contributed by atoms with Gasteiger partial charge in [0, 0.05) is 18.8 Å². The van der Waals surface area contributed by atoms with Gasteiger partial charge in [0.05, 0.1) is 17.0 Å². The molecule has 3 heterocycles. The third-order valence-electron chi connectivity index (χ3n) is 6.73. The molecule has 0 radical (unpaired) electrons. The molecule has 5 nitrogen and oxygen atoms in total. The Morgan fingerprint density at radius 1 is 1.21 bits per heavy atom. The average Bonchev–Trinajstić information content (AvgIpc) is 3.17. The Balaban J connectivity index is 1.51. The summed E-state index contributed by atoms with van der Waals surface area (Å²) >= 11 is 0. The van der Waals surface area contributed by atoms with E-state index in [0.29, 0.717) is 18.7 Å². The molecule has 0 saturated carbocycles. The minimum atomic E-state index is -0.331. The highest BCUT2D eigenvalue weighted by Crippen LogP contribution is 2.28. The Morgan fingerprint density at radius 3 is 2.84 bits per heavy atom. The number of aromatic nitrogens is 1. The van der Waals surface area contributed by atoms with Gasteiger partial charge in [0.2, 0.25) is 0 Å². The molecule has 0 atom stereocenters. The van der Waals surface area contributed by atoms with Gasteiger partial charge in [-0.1, -0.05) is 36.9 Å². The number of nitrogens with zero attached hydrogens (tertiary/aromatic N) is 1. The van der Waals surface area contributed by atoms with Gasteiger partial charge in [-0.2, -0.15) is 0 Å². The van der Waals surface area contributed by atoms with Crippen LogP contribution in [0.4, 0.5) is 0 Å². The molecular formula is C33H31N3O2. The number of benzene rings is 1. The first kappa shape index (κ1) is 25.2. The molecule has 0 spiro atoms. The Bertz CT molecular complexity index is 1610. The van der Waals surface area contributed by atoms with Crippen molar-refractivity contribution in [2.75, 3.05) is 13.1 Å². The minimum absolute atomic E-state index is 0.0704. The van der Waals surface area contributed by atoms with Gasteiger partial charge in [-0.25, -0.2) is 4.79 Å². The second-order valence-corrected chi connectivity index (χ2v) is 9.46. The number of hydrogen-bond donors (Lipinski definition) is 2.